The van der Waals surface area contributed by atoms with E-state index in [0.29, 0.717) is 36.5 Å². The summed E-state index contributed by atoms with van der Waals surface area (Å²) >= 11 is 0. The van der Waals surface area contributed by atoms with Crippen molar-refractivity contribution < 1.29 is 19.1 Å². The number of pyridine rings is 1. The number of carbonyl (C=O) groups is 2. The molecule has 12 heteroatoms. The maximum Gasteiger partial charge on any atom is 0.413 e. The van der Waals surface area contributed by atoms with Gasteiger partial charge in [-0.2, -0.15) is 0 Å². The van der Waals surface area contributed by atoms with Gasteiger partial charge in [-0.3, -0.25) is 15.2 Å². The summed E-state index contributed by atoms with van der Waals surface area (Å²) < 4.78 is 10.3. The third kappa shape index (κ3) is 6.34. The molecule has 1 fully saturated rings. The number of hydrogen-bond acceptors (Lipinski definition) is 9. The number of piperazine rings is 1. The van der Waals surface area contributed by atoms with Crippen molar-refractivity contribution in [2.24, 2.45) is 0 Å². The summed E-state index contributed by atoms with van der Waals surface area (Å²) in [6.45, 7) is 9.17. The minimum atomic E-state index is -0.587. The second kappa shape index (κ2) is 12.1. The predicted octanol–water partition coefficient (Wildman–Crippen LogP) is 4.31. The number of ether oxygens (including phenoxy) is 2. The first-order valence-electron chi connectivity index (χ1n) is 13.3. The predicted molar refractivity (Wildman–Crippen MR) is 149 cm³/mol. The normalized spacial score (nSPS) is 13.9. The van der Waals surface area contributed by atoms with Gasteiger partial charge < -0.3 is 19.4 Å². The van der Waals surface area contributed by atoms with Crippen LogP contribution in [0.5, 0.6) is 0 Å². The van der Waals surface area contributed by atoms with Crippen molar-refractivity contribution in [3.63, 3.8) is 0 Å². The fraction of sp³-hybridized carbons (Fsp3) is 0.357. The van der Waals surface area contributed by atoms with Crippen molar-refractivity contribution in [3.05, 3.63) is 54.6 Å². The number of aromatic amines is 1. The van der Waals surface area contributed by atoms with Crippen molar-refractivity contribution in [2.45, 2.75) is 33.4 Å². The number of rotatable bonds is 7. The Morgan fingerprint density at radius 1 is 1.05 bits per heavy atom. The minimum absolute atomic E-state index is 0.123. The molecular formula is C28H32N8O4. The molecule has 2 amide bonds. The van der Waals surface area contributed by atoms with E-state index in [-0.39, 0.29) is 24.8 Å². The lowest BCUT2D eigenvalue weighted by atomic mass is 10.0. The molecule has 1 saturated heterocycles. The van der Waals surface area contributed by atoms with Crippen molar-refractivity contribution in [3.8, 4) is 22.5 Å². The number of hydrogen-bond donors (Lipinski definition) is 2. The summed E-state index contributed by atoms with van der Waals surface area (Å²) in [4.78, 5) is 49.4. The number of amides is 2. The molecule has 0 unspecified atom stereocenters. The molecule has 3 aromatic heterocycles. The number of anilines is 1. The molecule has 0 atom stereocenters. The molecule has 208 valence electrons. The van der Waals surface area contributed by atoms with Crippen LogP contribution in [0.15, 0.2) is 48.9 Å². The number of H-pyrrole nitrogens is 1. The molecule has 12 nitrogen and oxygen atoms in total. The largest absolute Gasteiger partial charge is 0.450 e. The molecule has 0 saturated carbocycles. The fourth-order valence-corrected chi connectivity index (χ4v) is 4.50. The Hall–Kier alpha value is -4.58. The number of benzene rings is 1. The van der Waals surface area contributed by atoms with Gasteiger partial charge in [0.2, 0.25) is 5.95 Å². The molecule has 4 heterocycles. The highest BCUT2D eigenvalue weighted by atomic mass is 16.6. The van der Waals surface area contributed by atoms with Gasteiger partial charge in [-0.15, -0.1) is 0 Å². The van der Waals surface area contributed by atoms with Gasteiger partial charge in [-0.1, -0.05) is 6.07 Å². The Morgan fingerprint density at radius 2 is 1.82 bits per heavy atom. The van der Waals surface area contributed by atoms with E-state index in [1.165, 1.54) is 0 Å². The van der Waals surface area contributed by atoms with Crippen LogP contribution in [-0.2, 0) is 16.0 Å². The standard InChI is InChI=1S/C28H32N8O4/c1-4-39-27(37)34-26-32-23-15-20(14-22(24(23)33-26)25-29-8-5-9-30-25)19-6-7-21(31-16-19)17-35-10-12-36(13-11-35)28(38)40-18(2)3/h5-9,14-16,18H,4,10-13,17H2,1-3H3,(H2,32,33,34,37). The van der Waals surface area contributed by atoms with E-state index in [0.717, 1.165) is 35.5 Å². The number of fused-ring (bicyclic) bond motifs is 1. The van der Waals surface area contributed by atoms with Crippen molar-refractivity contribution in [2.75, 3.05) is 38.1 Å². The van der Waals surface area contributed by atoms with Crippen molar-refractivity contribution in [1.82, 2.24) is 34.7 Å². The monoisotopic (exact) mass is 544 g/mol. The Balaban J connectivity index is 1.34. The molecule has 0 bridgehead atoms. The van der Waals surface area contributed by atoms with Crippen LogP contribution < -0.4 is 5.32 Å². The molecule has 2 N–H and O–H groups in total. The molecule has 0 spiro atoms. The summed E-state index contributed by atoms with van der Waals surface area (Å²) in [7, 11) is 0. The Morgan fingerprint density at radius 3 is 2.50 bits per heavy atom. The SMILES string of the molecule is CCOC(=O)Nc1nc2c(-c3ncccn3)cc(-c3ccc(CN4CCN(C(=O)OC(C)C)CC4)nc3)cc2[nH]1. The second-order valence-electron chi connectivity index (χ2n) is 9.66. The molecule has 1 aliphatic rings. The van der Waals surface area contributed by atoms with E-state index >= 15 is 0 Å². The quantitative estimate of drug-likeness (QED) is 0.348. The van der Waals surface area contributed by atoms with Crippen LogP contribution in [-0.4, -0.2) is 85.8 Å². The lowest BCUT2D eigenvalue weighted by Gasteiger charge is -2.34. The Kier molecular flexibility index (Phi) is 8.15. The number of imidazole rings is 1. The number of carbonyl (C=O) groups excluding carboxylic acids is 2. The van der Waals surface area contributed by atoms with Crippen LogP contribution in [0.4, 0.5) is 15.5 Å². The summed E-state index contributed by atoms with van der Waals surface area (Å²) in [6, 6.07) is 9.72. The van der Waals surface area contributed by atoms with Crippen LogP contribution in [0, 0.1) is 0 Å². The van der Waals surface area contributed by atoms with Gasteiger partial charge in [-0.05, 0) is 50.6 Å². The van der Waals surface area contributed by atoms with Gasteiger partial charge >= 0.3 is 12.2 Å². The van der Waals surface area contributed by atoms with Crippen LogP contribution in [0.1, 0.15) is 26.5 Å². The molecule has 1 aromatic carbocycles. The average Bonchev–Trinajstić information content (AvgIpc) is 3.35. The highest BCUT2D eigenvalue weighted by Crippen LogP contribution is 2.32. The van der Waals surface area contributed by atoms with Gasteiger partial charge in [0.05, 0.1) is 23.9 Å². The van der Waals surface area contributed by atoms with Gasteiger partial charge in [0.1, 0.15) is 5.52 Å². The first-order chi connectivity index (χ1) is 19.4. The van der Waals surface area contributed by atoms with E-state index in [2.05, 4.69) is 30.2 Å². The van der Waals surface area contributed by atoms with Gasteiger partial charge in [0.15, 0.2) is 5.82 Å². The van der Waals surface area contributed by atoms with Gasteiger partial charge in [0, 0.05) is 62.4 Å². The number of aromatic nitrogens is 5. The van der Waals surface area contributed by atoms with E-state index < -0.39 is 6.09 Å². The summed E-state index contributed by atoms with van der Waals surface area (Å²) in [5.74, 6) is 0.790. The average molecular weight is 545 g/mol. The van der Waals surface area contributed by atoms with Gasteiger partial charge in [-0.25, -0.2) is 24.5 Å². The number of nitrogens with zero attached hydrogens (tertiary/aromatic N) is 6. The maximum atomic E-state index is 12.2. The van der Waals surface area contributed by atoms with Gasteiger partial charge in [0.25, 0.3) is 0 Å². The molecule has 0 aliphatic carbocycles. The Bertz CT molecular complexity index is 1470. The third-order valence-electron chi connectivity index (χ3n) is 6.40. The molecule has 5 rings (SSSR count). The van der Waals surface area contributed by atoms with Crippen LogP contribution >= 0.6 is 0 Å². The van der Waals surface area contributed by atoms with Crippen molar-refractivity contribution in [1.29, 1.82) is 0 Å². The Labute approximate surface area is 231 Å². The van der Waals surface area contributed by atoms with Crippen molar-refractivity contribution >= 4 is 29.2 Å². The fourth-order valence-electron chi connectivity index (χ4n) is 4.50. The minimum Gasteiger partial charge on any atom is -0.450 e. The third-order valence-corrected chi connectivity index (χ3v) is 6.40. The number of nitrogens with one attached hydrogen (secondary N) is 2. The highest BCUT2D eigenvalue weighted by molar-refractivity contribution is 5.96. The van der Waals surface area contributed by atoms with E-state index in [1.54, 1.807) is 30.3 Å². The lowest BCUT2D eigenvalue weighted by Crippen LogP contribution is -2.48. The molecular weight excluding hydrogens is 512 g/mol. The zero-order valence-electron chi connectivity index (χ0n) is 22.8. The zero-order valence-corrected chi connectivity index (χ0v) is 22.8. The van der Waals surface area contributed by atoms with E-state index in [1.807, 2.05) is 44.3 Å². The molecule has 4 aromatic rings. The first kappa shape index (κ1) is 27.0. The van der Waals surface area contributed by atoms with Crippen LogP contribution in [0.25, 0.3) is 33.5 Å². The molecule has 1 aliphatic heterocycles. The van der Waals surface area contributed by atoms with E-state index in [9.17, 15) is 9.59 Å². The maximum absolute atomic E-state index is 12.2. The second-order valence-corrected chi connectivity index (χ2v) is 9.66. The summed E-state index contributed by atoms with van der Waals surface area (Å²) in [5.41, 5.74) is 4.82. The van der Waals surface area contributed by atoms with Crippen LogP contribution in [0.3, 0.4) is 0 Å². The summed E-state index contributed by atoms with van der Waals surface area (Å²) in [6.07, 6.45) is 4.23. The molecule has 0 radical (unpaired) electrons. The van der Waals surface area contributed by atoms with Crippen LogP contribution in [0.2, 0.25) is 0 Å². The van der Waals surface area contributed by atoms with E-state index in [4.69, 9.17) is 14.5 Å². The molecule has 40 heavy (non-hydrogen) atoms. The first-order valence-corrected chi connectivity index (χ1v) is 13.3. The zero-order chi connectivity index (χ0) is 28.1. The topological polar surface area (TPSA) is 138 Å². The smallest absolute Gasteiger partial charge is 0.413 e. The highest BCUT2D eigenvalue weighted by Gasteiger charge is 2.23. The lowest BCUT2D eigenvalue weighted by molar-refractivity contribution is 0.0557. The summed E-state index contributed by atoms with van der Waals surface area (Å²) in [5, 5.41) is 2.62.